The van der Waals surface area contributed by atoms with Crippen molar-refractivity contribution in [3.8, 4) is 0 Å². The molecule has 2 N–H and O–H groups in total. The van der Waals surface area contributed by atoms with Gasteiger partial charge in [-0.05, 0) is 68.0 Å². The summed E-state index contributed by atoms with van der Waals surface area (Å²) in [5.41, 5.74) is 3.35. The number of amides is 3. The molecule has 0 saturated carbocycles. The maximum absolute atomic E-state index is 13.2. The van der Waals surface area contributed by atoms with Gasteiger partial charge in [0.15, 0.2) is 0 Å². The van der Waals surface area contributed by atoms with E-state index in [0.717, 1.165) is 48.6 Å². The van der Waals surface area contributed by atoms with Crippen LogP contribution in [0.15, 0.2) is 30.3 Å². The lowest BCUT2D eigenvalue weighted by Crippen LogP contribution is -2.51. The van der Waals surface area contributed by atoms with Crippen molar-refractivity contribution in [2.75, 3.05) is 25.5 Å². The van der Waals surface area contributed by atoms with Gasteiger partial charge in [-0.1, -0.05) is 23.7 Å². The van der Waals surface area contributed by atoms with Gasteiger partial charge in [-0.15, -0.1) is 0 Å². The Kier molecular flexibility index (Phi) is 7.72. The van der Waals surface area contributed by atoms with Crippen molar-refractivity contribution in [3.05, 3.63) is 57.7 Å². The molecule has 186 valence electrons. The summed E-state index contributed by atoms with van der Waals surface area (Å²) in [5, 5.41) is 6.16. The molecular formula is C26H32ClN5O3. The number of anilines is 1. The van der Waals surface area contributed by atoms with E-state index in [1.54, 1.807) is 17.0 Å². The molecule has 0 bridgehead atoms. The molecule has 8 nitrogen and oxygen atoms in total. The molecule has 1 aromatic carbocycles. The van der Waals surface area contributed by atoms with Crippen molar-refractivity contribution >= 4 is 35.1 Å². The van der Waals surface area contributed by atoms with E-state index in [4.69, 9.17) is 11.6 Å². The fraction of sp³-hybridized carbons (Fsp3) is 0.462. The Balaban J connectivity index is 1.39. The second-order valence-electron chi connectivity index (χ2n) is 9.43. The summed E-state index contributed by atoms with van der Waals surface area (Å²) in [6.07, 6.45) is 2.51. The van der Waals surface area contributed by atoms with Gasteiger partial charge in [0.2, 0.25) is 11.8 Å². The number of hydrogen-bond acceptors (Lipinski definition) is 5. The minimum atomic E-state index is -0.524. The highest BCUT2D eigenvalue weighted by atomic mass is 35.5. The summed E-state index contributed by atoms with van der Waals surface area (Å²) < 4.78 is 0. The van der Waals surface area contributed by atoms with Crippen molar-refractivity contribution in [1.29, 1.82) is 0 Å². The van der Waals surface area contributed by atoms with Crippen LogP contribution in [0.1, 0.15) is 52.9 Å². The van der Waals surface area contributed by atoms with Crippen molar-refractivity contribution in [3.63, 3.8) is 0 Å². The summed E-state index contributed by atoms with van der Waals surface area (Å²) in [6, 6.07) is 9.02. The molecule has 4 rings (SSSR count). The Labute approximate surface area is 211 Å². The van der Waals surface area contributed by atoms with Gasteiger partial charge in [-0.25, -0.2) is 4.98 Å². The number of rotatable bonds is 6. The molecule has 0 spiro atoms. The Morgan fingerprint density at radius 2 is 1.86 bits per heavy atom. The zero-order valence-electron chi connectivity index (χ0n) is 20.4. The number of carbonyl (C=O) groups excluding carboxylic acids is 3. The SMILES string of the molecule is CNC(=O)c1cc(C)cc(NC(=O)[C@H]2CCC(=O)N2C2CCN(Cc3ccc(Cl)c(C)c3)CC2)n1. The highest BCUT2D eigenvalue weighted by molar-refractivity contribution is 6.31. The van der Waals surface area contributed by atoms with E-state index < -0.39 is 6.04 Å². The third-order valence-corrected chi connectivity index (χ3v) is 7.24. The maximum atomic E-state index is 13.2. The van der Waals surface area contributed by atoms with Crippen LogP contribution in [0.3, 0.4) is 0 Å². The van der Waals surface area contributed by atoms with Crippen LogP contribution >= 0.6 is 11.6 Å². The fourth-order valence-electron chi connectivity index (χ4n) is 5.02. The van der Waals surface area contributed by atoms with Gasteiger partial charge in [0.05, 0.1) is 0 Å². The van der Waals surface area contributed by atoms with Crippen LogP contribution in [-0.4, -0.2) is 64.7 Å². The fourth-order valence-corrected chi connectivity index (χ4v) is 5.14. The molecule has 2 saturated heterocycles. The second-order valence-corrected chi connectivity index (χ2v) is 9.84. The van der Waals surface area contributed by atoms with Gasteiger partial charge >= 0.3 is 0 Å². The van der Waals surface area contributed by atoms with Crippen molar-refractivity contribution < 1.29 is 14.4 Å². The molecule has 0 unspecified atom stereocenters. The highest BCUT2D eigenvalue weighted by Gasteiger charge is 2.41. The van der Waals surface area contributed by atoms with Crippen LogP contribution in [0, 0.1) is 13.8 Å². The van der Waals surface area contributed by atoms with Gasteiger partial charge in [0.25, 0.3) is 5.91 Å². The Morgan fingerprint density at radius 3 is 2.54 bits per heavy atom. The monoisotopic (exact) mass is 497 g/mol. The smallest absolute Gasteiger partial charge is 0.269 e. The number of piperidine rings is 1. The average Bonchev–Trinajstić information content (AvgIpc) is 3.22. The van der Waals surface area contributed by atoms with Crippen LogP contribution < -0.4 is 10.6 Å². The van der Waals surface area contributed by atoms with Gasteiger partial charge in [-0.2, -0.15) is 0 Å². The zero-order chi connectivity index (χ0) is 25.1. The van der Waals surface area contributed by atoms with E-state index in [1.807, 2.05) is 19.9 Å². The molecule has 0 radical (unpaired) electrons. The summed E-state index contributed by atoms with van der Waals surface area (Å²) in [6.45, 7) is 6.41. The molecule has 2 aliphatic rings. The third kappa shape index (κ3) is 5.82. The molecule has 9 heteroatoms. The molecule has 35 heavy (non-hydrogen) atoms. The van der Waals surface area contributed by atoms with E-state index in [2.05, 4.69) is 32.7 Å². The molecular weight excluding hydrogens is 466 g/mol. The molecule has 1 atom stereocenters. The van der Waals surface area contributed by atoms with E-state index in [-0.39, 0.29) is 29.5 Å². The van der Waals surface area contributed by atoms with Crippen LogP contribution in [0.25, 0.3) is 0 Å². The quantitative estimate of drug-likeness (QED) is 0.638. The van der Waals surface area contributed by atoms with Crippen LogP contribution in [-0.2, 0) is 16.1 Å². The van der Waals surface area contributed by atoms with E-state index in [0.29, 0.717) is 18.7 Å². The normalized spacial score (nSPS) is 19.1. The first-order valence-corrected chi connectivity index (χ1v) is 12.4. The van der Waals surface area contributed by atoms with Crippen LogP contribution in [0.5, 0.6) is 0 Å². The predicted octanol–water partition coefficient (Wildman–Crippen LogP) is 3.31. The number of hydrogen-bond donors (Lipinski definition) is 2. The zero-order valence-corrected chi connectivity index (χ0v) is 21.2. The summed E-state index contributed by atoms with van der Waals surface area (Å²) in [4.78, 5) is 46.4. The first kappa shape index (κ1) is 25.1. The number of likely N-dealkylation sites (tertiary alicyclic amines) is 2. The molecule has 3 heterocycles. The summed E-state index contributed by atoms with van der Waals surface area (Å²) in [5.74, 6) is -0.223. The van der Waals surface area contributed by atoms with Gasteiger partial charge in [0.1, 0.15) is 17.6 Å². The number of pyridine rings is 1. The minimum absolute atomic E-state index is 0.0279. The molecule has 2 aromatic rings. The predicted molar refractivity (Wildman–Crippen MR) is 135 cm³/mol. The number of aryl methyl sites for hydroxylation is 2. The van der Waals surface area contributed by atoms with E-state index in [9.17, 15) is 14.4 Å². The highest BCUT2D eigenvalue weighted by Crippen LogP contribution is 2.29. The number of benzene rings is 1. The Morgan fingerprint density at radius 1 is 1.11 bits per heavy atom. The number of aromatic nitrogens is 1. The van der Waals surface area contributed by atoms with Crippen LogP contribution in [0.2, 0.25) is 5.02 Å². The Hall–Kier alpha value is -2.97. The number of nitrogens with zero attached hydrogens (tertiary/aromatic N) is 3. The lowest BCUT2D eigenvalue weighted by Gasteiger charge is -2.39. The van der Waals surface area contributed by atoms with Crippen molar-refractivity contribution in [2.24, 2.45) is 0 Å². The topological polar surface area (TPSA) is 94.6 Å². The lowest BCUT2D eigenvalue weighted by molar-refractivity contribution is -0.136. The standard InChI is InChI=1S/C26H32ClN5O3/c1-16-12-21(25(34)28-3)29-23(13-16)30-26(35)22-6-7-24(33)32(22)19-8-10-31(11-9-19)15-18-4-5-20(27)17(2)14-18/h4-5,12-14,19,22H,6-11,15H2,1-3H3,(H,28,34)(H,29,30,35)/t22-/m1/s1. The van der Waals surface area contributed by atoms with E-state index >= 15 is 0 Å². The summed E-state index contributed by atoms with van der Waals surface area (Å²) >= 11 is 6.15. The van der Waals surface area contributed by atoms with Gasteiger partial charge < -0.3 is 15.5 Å². The Bertz CT molecular complexity index is 1130. The largest absolute Gasteiger partial charge is 0.354 e. The molecule has 3 amide bonds. The molecule has 1 aromatic heterocycles. The van der Waals surface area contributed by atoms with Crippen molar-refractivity contribution in [2.45, 2.75) is 58.2 Å². The number of carbonyl (C=O) groups is 3. The second kappa shape index (κ2) is 10.7. The van der Waals surface area contributed by atoms with Crippen LogP contribution in [0.4, 0.5) is 5.82 Å². The van der Waals surface area contributed by atoms with Gasteiger partial charge in [-0.3, -0.25) is 19.3 Å². The molecule has 2 fully saturated rings. The van der Waals surface area contributed by atoms with Crippen molar-refractivity contribution in [1.82, 2.24) is 20.1 Å². The number of nitrogens with one attached hydrogen (secondary N) is 2. The summed E-state index contributed by atoms with van der Waals surface area (Å²) in [7, 11) is 1.54. The molecule has 0 aliphatic carbocycles. The van der Waals surface area contributed by atoms with Gasteiger partial charge in [0, 0.05) is 44.2 Å². The van der Waals surface area contributed by atoms with E-state index in [1.165, 1.54) is 12.6 Å². The first-order valence-electron chi connectivity index (χ1n) is 12.1. The maximum Gasteiger partial charge on any atom is 0.269 e. The first-order chi connectivity index (χ1) is 16.7. The molecule has 2 aliphatic heterocycles. The minimum Gasteiger partial charge on any atom is -0.354 e. The lowest BCUT2D eigenvalue weighted by atomic mass is 10.0. The third-order valence-electron chi connectivity index (χ3n) is 6.82. The number of halogens is 1. The average molecular weight is 498 g/mol.